The zero-order valence-corrected chi connectivity index (χ0v) is 22.5. The molecule has 0 fully saturated rings. The van der Waals surface area contributed by atoms with Crippen LogP contribution in [0.25, 0.3) is 0 Å². The Hall–Kier alpha value is 0.570. The highest BCUT2D eigenvalue weighted by Gasteiger charge is 2.08. The number of hydrogen-bond acceptors (Lipinski definition) is 0. The number of aryl methyl sites for hydroxylation is 2. The van der Waals surface area contributed by atoms with E-state index < -0.39 is 0 Å². The van der Waals surface area contributed by atoms with Crippen LogP contribution in [0, 0.1) is 0 Å². The molecule has 0 aromatic carbocycles. The Bertz CT molecular complexity index is 398. The number of hydrogen-bond donors (Lipinski definition) is 0. The smallest absolute Gasteiger partial charge is 0.243 e. The quantitative estimate of drug-likeness (QED) is 0.136. The van der Waals surface area contributed by atoms with Crippen LogP contribution in [0.5, 0.6) is 0 Å². The molecule has 0 aliphatic heterocycles. The van der Waals surface area contributed by atoms with Crippen LogP contribution in [0.4, 0.5) is 0 Å². The lowest BCUT2D eigenvalue weighted by molar-refractivity contribution is -0.870. The topological polar surface area (TPSA) is 8.81 Å². The summed E-state index contributed by atoms with van der Waals surface area (Å²) < 4.78 is 6.85. The van der Waals surface area contributed by atoms with Crippen molar-refractivity contribution >= 4 is 0 Å². The van der Waals surface area contributed by atoms with Crippen molar-refractivity contribution in [3.63, 3.8) is 0 Å². The van der Waals surface area contributed by atoms with Gasteiger partial charge < -0.3 is 59.9 Å². The van der Waals surface area contributed by atoms with Gasteiger partial charge in [-0.3, -0.25) is 0 Å². The van der Waals surface area contributed by atoms with E-state index in [4.69, 9.17) is 0 Å². The summed E-state index contributed by atoms with van der Waals surface area (Å²) >= 11 is 0. The molecule has 7 heteroatoms. The first-order chi connectivity index (χ1) is 10.7. The van der Waals surface area contributed by atoms with Crippen LogP contribution >= 0.6 is 0 Å². The summed E-state index contributed by atoms with van der Waals surface area (Å²) in [5, 5.41) is 0. The van der Waals surface area contributed by atoms with Gasteiger partial charge in [0.25, 0.3) is 0 Å². The van der Waals surface area contributed by atoms with E-state index in [2.05, 4.69) is 70.1 Å². The van der Waals surface area contributed by atoms with Crippen molar-refractivity contribution in [3.05, 3.63) is 18.7 Å². The highest BCUT2D eigenvalue weighted by molar-refractivity contribution is 4.66. The Morgan fingerprint density at radius 1 is 0.692 bits per heavy atom. The Morgan fingerprint density at radius 3 is 1.69 bits per heavy atom. The fourth-order valence-electron chi connectivity index (χ4n) is 2.82. The molecule has 1 rings (SSSR count). The third kappa shape index (κ3) is 18.0. The highest BCUT2D eigenvalue weighted by Crippen LogP contribution is 2.03. The molecule has 0 saturated carbocycles. The minimum Gasteiger partial charge on any atom is -1.00 e. The first-order valence-electron chi connectivity index (χ1n) is 9.31. The average molecular weight is 565 g/mol. The predicted molar refractivity (Wildman–Crippen MR) is 98.1 cm³/mol. The van der Waals surface area contributed by atoms with Crippen LogP contribution in [0.2, 0.25) is 0 Å². The first kappa shape index (κ1) is 31.3. The Morgan fingerprint density at radius 2 is 1.19 bits per heavy atom. The summed E-state index contributed by atoms with van der Waals surface area (Å²) in [6, 6.07) is 0. The lowest BCUT2D eigenvalue weighted by Crippen LogP contribution is -3.00. The third-order valence-corrected chi connectivity index (χ3v) is 4.24. The summed E-state index contributed by atoms with van der Waals surface area (Å²) in [6.07, 6.45) is 14.6. The van der Waals surface area contributed by atoms with E-state index in [9.17, 15) is 0 Å². The van der Waals surface area contributed by atoms with Crippen LogP contribution in [0.15, 0.2) is 18.7 Å². The maximum atomic E-state index is 2.35. The molecule has 0 amide bonds. The molecule has 0 N–H and O–H groups in total. The third-order valence-electron chi connectivity index (χ3n) is 4.24. The van der Waals surface area contributed by atoms with Crippen molar-refractivity contribution in [3.8, 4) is 0 Å². The highest BCUT2D eigenvalue weighted by atomic mass is 79.9. The van der Waals surface area contributed by atoms with E-state index >= 15 is 0 Å². The summed E-state index contributed by atoms with van der Waals surface area (Å²) in [4.78, 5) is 0. The normalized spacial score (nSPS) is 11.3. The van der Waals surface area contributed by atoms with E-state index in [1.54, 1.807) is 0 Å². The molecule has 0 saturated heterocycles. The molecule has 26 heavy (non-hydrogen) atoms. The van der Waals surface area contributed by atoms with Crippen LogP contribution in [-0.4, -0.2) is 68.9 Å². The Labute approximate surface area is 194 Å². The molecule has 0 spiro atoms. The van der Waals surface area contributed by atoms with Gasteiger partial charge in [-0.05, 0) is 38.5 Å². The molecule has 1 aromatic heterocycles. The van der Waals surface area contributed by atoms with Gasteiger partial charge in [-0.15, -0.1) is 0 Å². The molecule has 158 valence electrons. The van der Waals surface area contributed by atoms with E-state index in [1.165, 1.54) is 51.6 Å². The van der Waals surface area contributed by atoms with E-state index in [1.807, 2.05) is 0 Å². The molecule has 1 aromatic rings. The number of quaternary nitrogens is 2. The van der Waals surface area contributed by atoms with Crippen molar-refractivity contribution in [2.24, 2.45) is 0 Å². The summed E-state index contributed by atoms with van der Waals surface area (Å²) in [5.74, 6) is 0. The van der Waals surface area contributed by atoms with Crippen LogP contribution in [0.3, 0.4) is 0 Å². The van der Waals surface area contributed by atoms with Gasteiger partial charge in [0.1, 0.15) is 12.4 Å². The molecular weight excluding hydrogens is 524 g/mol. The maximum Gasteiger partial charge on any atom is 0.243 e. The van der Waals surface area contributed by atoms with Crippen molar-refractivity contribution < 1.29 is 64.5 Å². The lowest BCUT2D eigenvalue weighted by Gasteiger charge is -2.23. The second-order valence-corrected chi connectivity index (χ2v) is 9.04. The molecule has 0 aliphatic rings. The number of unbranched alkanes of at least 4 members (excludes halogenated alkanes) is 4. The fraction of sp³-hybridized carbons (Fsp3) is 0.842. The second-order valence-electron chi connectivity index (χ2n) is 9.04. The molecule has 1 heterocycles. The van der Waals surface area contributed by atoms with E-state index in [-0.39, 0.29) is 50.9 Å². The van der Waals surface area contributed by atoms with Crippen molar-refractivity contribution in [2.45, 2.75) is 51.6 Å². The Balaban J connectivity index is -0.00000176. The molecule has 0 unspecified atom stereocenters. The van der Waals surface area contributed by atoms with Crippen molar-refractivity contribution in [1.29, 1.82) is 0 Å². The summed E-state index contributed by atoms with van der Waals surface area (Å²) in [7, 11) is 13.6. The largest absolute Gasteiger partial charge is 1.00 e. The Kier molecular flexibility index (Phi) is 18.6. The second kappa shape index (κ2) is 15.5. The van der Waals surface area contributed by atoms with Gasteiger partial charge >= 0.3 is 0 Å². The number of nitrogens with zero attached hydrogens (tertiary/aromatic N) is 4. The SMILES string of the molecule is C[N+](C)(C)CCCCCn1cc[n+](CCCCC[N+](C)(C)C)c1.[Br-].[Br-].[Br-]. The van der Waals surface area contributed by atoms with E-state index in [0.29, 0.717) is 0 Å². The predicted octanol–water partition coefficient (Wildman–Crippen LogP) is -6.46. The molecule has 4 nitrogen and oxygen atoms in total. The van der Waals surface area contributed by atoms with E-state index in [0.717, 1.165) is 22.1 Å². The van der Waals surface area contributed by atoms with Crippen LogP contribution in [-0.2, 0) is 13.1 Å². The molecule has 0 radical (unpaired) electrons. The zero-order chi connectivity index (χ0) is 17.3. The monoisotopic (exact) mass is 562 g/mol. The fourth-order valence-corrected chi connectivity index (χ4v) is 2.82. The molecular formula is C19H41Br3N4. The standard InChI is InChI=1S/C19H41N4.3BrH/c1-22(2,3)17-11-7-9-13-20-15-16-21(19-20)14-10-8-12-18-23(4,5)6;;;/h15-16,19H,7-14,17-18H2,1-6H3;3*1H/q+3;;;/p-3. The van der Waals surface area contributed by atoms with Gasteiger partial charge in [-0.25, -0.2) is 9.13 Å². The maximum absolute atomic E-state index is 2.35. The number of rotatable bonds is 12. The molecule has 0 bridgehead atoms. The molecule has 0 atom stereocenters. The minimum absolute atomic E-state index is 0. The van der Waals surface area contributed by atoms with Gasteiger partial charge in [0, 0.05) is 0 Å². The van der Waals surface area contributed by atoms with Gasteiger partial charge in [-0.1, -0.05) is 0 Å². The summed E-state index contributed by atoms with van der Waals surface area (Å²) in [5.41, 5.74) is 0. The van der Waals surface area contributed by atoms with Gasteiger partial charge in [-0.2, -0.15) is 0 Å². The van der Waals surface area contributed by atoms with Crippen molar-refractivity contribution in [2.75, 3.05) is 55.4 Å². The zero-order valence-electron chi connectivity index (χ0n) is 17.7. The minimum atomic E-state index is 0. The first-order valence-corrected chi connectivity index (χ1v) is 9.31. The van der Waals surface area contributed by atoms with Gasteiger partial charge in [0.2, 0.25) is 6.33 Å². The van der Waals surface area contributed by atoms with Crippen molar-refractivity contribution in [1.82, 2.24) is 4.57 Å². The van der Waals surface area contributed by atoms with Crippen LogP contribution < -0.4 is 55.5 Å². The number of imidazole rings is 1. The summed E-state index contributed by atoms with van der Waals surface area (Å²) in [6.45, 7) is 4.87. The van der Waals surface area contributed by atoms with Gasteiger partial charge in [0.05, 0.1) is 68.5 Å². The van der Waals surface area contributed by atoms with Crippen LogP contribution in [0.1, 0.15) is 38.5 Å². The molecule has 0 aliphatic carbocycles. The number of halogens is 3. The van der Waals surface area contributed by atoms with Gasteiger partial charge in [0.15, 0.2) is 0 Å². The average Bonchev–Trinajstić information content (AvgIpc) is 2.83. The number of aromatic nitrogens is 2. The lowest BCUT2D eigenvalue weighted by atomic mass is 10.2.